The van der Waals surface area contributed by atoms with Crippen LogP contribution in [0.2, 0.25) is 0 Å². The van der Waals surface area contributed by atoms with E-state index < -0.39 is 17.6 Å². The molecule has 2 amide bonds. The van der Waals surface area contributed by atoms with Crippen molar-refractivity contribution in [2.45, 2.75) is 37.5 Å². The molecule has 172 valence electrons. The highest BCUT2D eigenvalue weighted by molar-refractivity contribution is 5.75. The number of fused-ring (bicyclic) bond motifs is 2. The van der Waals surface area contributed by atoms with Gasteiger partial charge in [-0.15, -0.1) is 0 Å². The van der Waals surface area contributed by atoms with Gasteiger partial charge in [0, 0.05) is 61.4 Å². The number of nitrogens with zero attached hydrogens (tertiary/aromatic N) is 5. The maximum absolute atomic E-state index is 13.2. The van der Waals surface area contributed by atoms with E-state index in [1.807, 2.05) is 22.9 Å². The highest BCUT2D eigenvalue weighted by atomic mass is 19.4. The van der Waals surface area contributed by atoms with E-state index in [0.717, 1.165) is 30.2 Å². The number of rotatable bonds is 3. The molecule has 3 N–H and O–H groups in total. The molecule has 2 aliphatic rings. The molecule has 11 heteroatoms. The summed E-state index contributed by atoms with van der Waals surface area (Å²) in [7, 11) is 0. The van der Waals surface area contributed by atoms with E-state index in [1.165, 1.54) is 6.20 Å². The van der Waals surface area contributed by atoms with E-state index in [4.69, 9.17) is 5.73 Å². The summed E-state index contributed by atoms with van der Waals surface area (Å²) in [5, 5.41) is 7.46. The minimum Gasteiger partial charge on any atom is -0.383 e. The van der Waals surface area contributed by atoms with Gasteiger partial charge >= 0.3 is 12.2 Å². The number of urea groups is 1. The molecular formula is C22H22F3N7O. The summed E-state index contributed by atoms with van der Waals surface area (Å²) in [4.78, 5) is 22.2. The first-order chi connectivity index (χ1) is 15.7. The van der Waals surface area contributed by atoms with E-state index >= 15 is 0 Å². The van der Waals surface area contributed by atoms with Crippen molar-refractivity contribution in [1.29, 1.82) is 0 Å². The summed E-state index contributed by atoms with van der Waals surface area (Å²) in [6.45, 7) is 2.20. The molecule has 0 bridgehead atoms. The second-order valence-corrected chi connectivity index (χ2v) is 8.51. The Hall–Kier alpha value is -3.63. The third-order valence-corrected chi connectivity index (χ3v) is 6.48. The van der Waals surface area contributed by atoms with Gasteiger partial charge in [0.1, 0.15) is 5.82 Å². The van der Waals surface area contributed by atoms with Crippen molar-refractivity contribution in [3.63, 3.8) is 0 Å². The number of nitrogens with one attached hydrogen (secondary N) is 1. The third-order valence-electron chi connectivity index (χ3n) is 6.48. The fourth-order valence-electron chi connectivity index (χ4n) is 4.69. The van der Waals surface area contributed by atoms with Crippen LogP contribution in [0.15, 0.2) is 42.9 Å². The van der Waals surface area contributed by atoms with Crippen molar-refractivity contribution >= 4 is 11.8 Å². The number of nitrogens with two attached hydrogens (primary N) is 1. The van der Waals surface area contributed by atoms with Crippen LogP contribution in [0.5, 0.6) is 0 Å². The molecule has 0 aliphatic carbocycles. The van der Waals surface area contributed by atoms with E-state index in [2.05, 4.69) is 20.4 Å². The van der Waals surface area contributed by atoms with Gasteiger partial charge in [-0.3, -0.25) is 9.67 Å². The number of likely N-dealkylation sites (tertiary alicyclic amines) is 1. The number of anilines is 1. The Morgan fingerprint density at radius 1 is 1.18 bits per heavy atom. The Morgan fingerprint density at radius 2 is 1.94 bits per heavy atom. The molecule has 5 rings (SSSR count). The monoisotopic (exact) mass is 457 g/mol. The molecule has 1 saturated heterocycles. The van der Waals surface area contributed by atoms with Gasteiger partial charge in [0.15, 0.2) is 0 Å². The smallest absolute Gasteiger partial charge is 0.383 e. The fourth-order valence-corrected chi connectivity index (χ4v) is 4.69. The standard InChI is InChI=1S/C22H22F3N7O/c23-22(24,25)16-9-15(12-28-19(16)26)17-10-18-21(4-8-32(18)30-17)3-7-31(13-21)20(33)29-11-14-1-5-27-6-2-14/h1-2,5-6,9-10,12H,3-4,7-8,11,13H2,(H2,26,28)(H,29,33)/t21-/m1/s1. The normalized spacial score (nSPS) is 19.8. The maximum Gasteiger partial charge on any atom is 0.419 e. The van der Waals surface area contributed by atoms with Crippen LogP contribution in [0.25, 0.3) is 11.3 Å². The van der Waals surface area contributed by atoms with Gasteiger partial charge in [-0.2, -0.15) is 18.3 Å². The number of hydrogen-bond acceptors (Lipinski definition) is 5. The lowest BCUT2D eigenvalue weighted by molar-refractivity contribution is -0.137. The summed E-state index contributed by atoms with van der Waals surface area (Å²) in [5.41, 5.74) is 6.78. The van der Waals surface area contributed by atoms with Gasteiger partial charge in [0.25, 0.3) is 0 Å². The van der Waals surface area contributed by atoms with Gasteiger partial charge < -0.3 is 16.0 Å². The topological polar surface area (TPSA) is 102 Å². The van der Waals surface area contributed by atoms with Crippen molar-refractivity contribution in [2.24, 2.45) is 0 Å². The predicted molar refractivity (Wildman–Crippen MR) is 114 cm³/mol. The molecule has 2 aliphatic heterocycles. The third kappa shape index (κ3) is 3.87. The van der Waals surface area contributed by atoms with Gasteiger partial charge in [-0.05, 0) is 42.7 Å². The zero-order valence-corrected chi connectivity index (χ0v) is 17.6. The van der Waals surface area contributed by atoms with Crippen LogP contribution in [0.1, 0.15) is 29.7 Å². The van der Waals surface area contributed by atoms with E-state index in [-0.39, 0.29) is 17.0 Å². The molecule has 0 aromatic carbocycles. The highest BCUT2D eigenvalue weighted by Crippen LogP contribution is 2.44. The van der Waals surface area contributed by atoms with Gasteiger partial charge in [-0.25, -0.2) is 9.78 Å². The molecule has 0 unspecified atom stereocenters. The van der Waals surface area contributed by atoms with Crippen molar-refractivity contribution < 1.29 is 18.0 Å². The number of aryl methyl sites for hydroxylation is 1. The van der Waals surface area contributed by atoms with Crippen LogP contribution in [-0.4, -0.2) is 43.8 Å². The van der Waals surface area contributed by atoms with Gasteiger partial charge in [-0.1, -0.05) is 0 Å². The molecule has 8 nitrogen and oxygen atoms in total. The quantitative estimate of drug-likeness (QED) is 0.629. The highest BCUT2D eigenvalue weighted by Gasteiger charge is 2.47. The average Bonchev–Trinajstić information content (AvgIpc) is 3.49. The summed E-state index contributed by atoms with van der Waals surface area (Å²) in [5.74, 6) is -0.557. The Bertz CT molecular complexity index is 1190. The lowest BCUT2D eigenvalue weighted by atomic mass is 9.82. The van der Waals surface area contributed by atoms with Crippen LogP contribution < -0.4 is 11.1 Å². The molecule has 0 saturated carbocycles. The van der Waals surface area contributed by atoms with Crippen LogP contribution in [0, 0.1) is 0 Å². The summed E-state index contributed by atoms with van der Waals surface area (Å²) in [6.07, 6.45) is 1.68. The maximum atomic E-state index is 13.2. The zero-order valence-electron chi connectivity index (χ0n) is 17.6. The first-order valence-corrected chi connectivity index (χ1v) is 10.6. The van der Waals surface area contributed by atoms with Crippen molar-refractivity contribution in [2.75, 3.05) is 18.8 Å². The number of carbonyl (C=O) groups excluding carboxylic acids is 1. The number of aromatic nitrogens is 4. The Morgan fingerprint density at radius 3 is 2.70 bits per heavy atom. The number of alkyl halides is 3. The Labute approximate surface area is 187 Å². The van der Waals surface area contributed by atoms with E-state index in [1.54, 1.807) is 17.3 Å². The largest absolute Gasteiger partial charge is 0.419 e. The lowest BCUT2D eigenvalue weighted by Crippen LogP contribution is -2.40. The van der Waals surface area contributed by atoms with Crippen molar-refractivity contribution in [3.05, 3.63) is 59.7 Å². The zero-order chi connectivity index (χ0) is 23.2. The van der Waals surface area contributed by atoms with E-state index in [0.29, 0.717) is 31.9 Å². The molecule has 33 heavy (non-hydrogen) atoms. The molecule has 1 atom stereocenters. The number of pyridine rings is 2. The van der Waals surface area contributed by atoms with Crippen molar-refractivity contribution in [1.82, 2.24) is 30.0 Å². The second-order valence-electron chi connectivity index (χ2n) is 8.51. The predicted octanol–water partition coefficient (Wildman–Crippen LogP) is 3.20. The molecule has 5 heterocycles. The molecule has 3 aromatic heterocycles. The fraction of sp³-hybridized carbons (Fsp3) is 0.364. The number of nitrogen functional groups attached to an aromatic ring is 1. The number of amides is 2. The summed E-state index contributed by atoms with van der Waals surface area (Å²) in [6, 6.07) is 6.36. The van der Waals surface area contributed by atoms with Crippen LogP contribution >= 0.6 is 0 Å². The minimum atomic E-state index is -4.59. The number of hydrogen-bond donors (Lipinski definition) is 2. The van der Waals surface area contributed by atoms with Gasteiger partial charge in [0.2, 0.25) is 0 Å². The SMILES string of the molecule is Nc1ncc(-c2cc3n(n2)CC[C@@]32CCN(C(=O)NCc3ccncc3)C2)cc1C(F)(F)F. The van der Waals surface area contributed by atoms with Crippen molar-refractivity contribution in [3.8, 4) is 11.3 Å². The molecule has 3 aromatic rings. The minimum absolute atomic E-state index is 0.139. The first kappa shape index (κ1) is 21.2. The van der Waals surface area contributed by atoms with Gasteiger partial charge in [0.05, 0.1) is 11.3 Å². The average molecular weight is 457 g/mol. The molecule has 1 spiro atoms. The van der Waals surface area contributed by atoms with E-state index in [9.17, 15) is 18.0 Å². The van der Waals surface area contributed by atoms with Crippen LogP contribution in [-0.2, 0) is 24.7 Å². The van der Waals surface area contributed by atoms with Crippen LogP contribution in [0.4, 0.5) is 23.8 Å². The summed E-state index contributed by atoms with van der Waals surface area (Å²) >= 11 is 0. The summed E-state index contributed by atoms with van der Waals surface area (Å²) < 4.78 is 41.6. The lowest BCUT2D eigenvalue weighted by Gasteiger charge is -2.23. The first-order valence-electron chi connectivity index (χ1n) is 10.6. The molecule has 1 fully saturated rings. The second kappa shape index (κ2) is 7.75. The molecular weight excluding hydrogens is 435 g/mol. The Balaban J connectivity index is 1.33. The number of carbonyl (C=O) groups is 1. The number of halogens is 3. The Kier molecular flexibility index (Phi) is 4.98. The molecule has 0 radical (unpaired) electrons. The van der Waals surface area contributed by atoms with Crippen LogP contribution in [0.3, 0.4) is 0 Å².